The first kappa shape index (κ1) is 9.93. The molecule has 4 nitrogen and oxygen atoms in total. The molecule has 2 heterocycles. The van der Waals surface area contributed by atoms with Gasteiger partial charge < -0.3 is 10.4 Å². The summed E-state index contributed by atoms with van der Waals surface area (Å²) in [6, 6.07) is 0.768. The van der Waals surface area contributed by atoms with E-state index in [-0.39, 0.29) is 18.1 Å². The number of piperidine rings is 1. The van der Waals surface area contributed by atoms with Crippen molar-refractivity contribution in [1.29, 1.82) is 0 Å². The number of hydrogen-bond acceptors (Lipinski definition) is 3. The molecule has 2 N–H and O–H groups in total. The molecule has 4 heteroatoms. The van der Waals surface area contributed by atoms with Gasteiger partial charge in [0.15, 0.2) is 0 Å². The molecule has 2 aliphatic rings. The first-order chi connectivity index (χ1) is 6.59. The molecule has 2 fully saturated rings. The van der Waals surface area contributed by atoms with Gasteiger partial charge in [0.25, 0.3) is 0 Å². The number of carbonyl (C=O) groups excluding carboxylic acids is 1. The lowest BCUT2D eigenvalue weighted by Crippen LogP contribution is -2.59. The summed E-state index contributed by atoms with van der Waals surface area (Å²) in [5, 5.41) is 12.7. The highest BCUT2D eigenvalue weighted by molar-refractivity contribution is 5.73. The Bertz CT molecular complexity index is 244. The number of amides is 1. The average Bonchev–Trinajstić information content (AvgIpc) is 2.34. The minimum absolute atomic E-state index is 0.0483. The molecule has 2 saturated heterocycles. The minimum atomic E-state index is -0.368. The predicted octanol–water partition coefficient (Wildman–Crippen LogP) is -0.282. The van der Waals surface area contributed by atoms with E-state index in [1.54, 1.807) is 0 Å². The van der Waals surface area contributed by atoms with Crippen molar-refractivity contribution in [1.82, 2.24) is 10.2 Å². The Morgan fingerprint density at radius 2 is 2.21 bits per heavy atom. The van der Waals surface area contributed by atoms with E-state index in [1.807, 2.05) is 0 Å². The molecule has 2 aliphatic heterocycles. The molecule has 4 atom stereocenters. The van der Waals surface area contributed by atoms with E-state index in [1.165, 1.54) is 6.92 Å². The number of carbonyl (C=O) groups is 1. The first-order valence-corrected chi connectivity index (χ1v) is 5.26. The molecule has 14 heavy (non-hydrogen) atoms. The Morgan fingerprint density at radius 3 is 2.86 bits per heavy atom. The van der Waals surface area contributed by atoms with Gasteiger partial charge in [-0.15, -0.1) is 0 Å². The Hall–Kier alpha value is -0.610. The van der Waals surface area contributed by atoms with Gasteiger partial charge in [-0.05, 0) is 26.3 Å². The molecule has 2 bridgehead atoms. The van der Waals surface area contributed by atoms with Crippen molar-refractivity contribution >= 4 is 5.91 Å². The highest BCUT2D eigenvalue weighted by Gasteiger charge is 2.45. The van der Waals surface area contributed by atoms with Crippen LogP contribution in [0.4, 0.5) is 0 Å². The summed E-state index contributed by atoms with van der Waals surface area (Å²) in [7, 11) is 2.09. The Kier molecular flexibility index (Phi) is 2.49. The van der Waals surface area contributed by atoms with Crippen LogP contribution in [0.3, 0.4) is 0 Å². The molecular weight excluding hydrogens is 180 g/mol. The quantitative estimate of drug-likeness (QED) is 0.609. The molecular formula is C10H18N2O2. The SMILES string of the molecule is CC(=O)N[C@@H]1[C@H]2CC[C@@H](C[C@@H]1O)N2C. The molecule has 80 valence electrons. The minimum Gasteiger partial charge on any atom is -0.391 e. The standard InChI is InChI=1S/C10H18N2O2/c1-6(13)11-10-8-4-3-7(12(8)2)5-9(10)14/h7-10,14H,3-5H2,1-2H3,(H,11,13)/t7-,8+,9-,10+/m0/s1. The van der Waals surface area contributed by atoms with Crippen LogP contribution in [0, 0.1) is 0 Å². The molecule has 0 aromatic rings. The van der Waals surface area contributed by atoms with Crippen molar-refractivity contribution in [3.8, 4) is 0 Å². The molecule has 0 aromatic heterocycles. The summed E-state index contributed by atoms with van der Waals surface area (Å²) in [5.74, 6) is -0.0483. The van der Waals surface area contributed by atoms with E-state index in [4.69, 9.17) is 0 Å². The fourth-order valence-corrected chi connectivity index (χ4v) is 2.87. The second-order valence-corrected chi connectivity index (χ2v) is 4.49. The van der Waals surface area contributed by atoms with Gasteiger partial charge in [-0.2, -0.15) is 0 Å². The topological polar surface area (TPSA) is 52.6 Å². The zero-order chi connectivity index (χ0) is 10.3. The normalized spacial score (nSPS) is 42.5. The maximum Gasteiger partial charge on any atom is 0.217 e. The molecule has 1 amide bonds. The number of nitrogens with one attached hydrogen (secondary N) is 1. The van der Waals surface area contributed by atoms with Crippen LogP contribution >= 0.6 is 0 Å². The summed E-state index contributed by atoms with van der Waals surface area (Å²) in [4.78, 5) is 13.3. The van der Waals surface area contributed by atoms with Crippen LogP contribution in [0.5, 0.6) is 0 Å². The van der Waals surface area contributed by atoms with Gasteiger partial charge in [0, 0.05) is 19.0 Å². The van der Waals surface area contributed by atoms with E-state index >= 15 is 0 Å². The highest BCUT2D eigenvalue weighted by Crippen LogP contribution is 2.34. The van der Waals surface area contributed by atoms with Crippen LogP contribution < -0.4 is 5.32 Å². The third-order valence-corrected chi connectivity index (χ3v) is 3.61. The smallest absolute Gasteiger partial charge is 0.217 e. The van der Waals surface area contributed by atoms with Crippen LogP contribution in [0.15, 0.2) is 0 Å². The maximum atomic E-state index is 11.0. The fourth-order valence-electron chi connectivity index (χ4n) is 2.87. The number of fused-ring (bicyclic) bond motifs is 2. The molecule has 0 aliphatic carbocycles. The summed E-state index contributed by atoms with van der Waals surface area (Å²) in [5.41, 5.74) is 0. The number of hydrogen-bond donors (Lipinski definition) is 2. The van der Waals surface area contributed by atoms with Gasteiger partial charge in [0.2, 0.25) is 5.91 Å². The lowest BCUT2D eigenvalue weighted by atomic mass is 9.95. The molecule has 0 radical (unpaired) electrons. The Balaban J connectivity index is 2.10. The average molecular weight is 198 g/mol. The predicted molar refractivity (Wildman–Crippen MR) is 52.8 cm³/mol. The third kappa shape index (κ3) is 1.53. The first-order valence-electron chi connectivity index (χ1n) is 5.26. The lowest BCUT2D eigenvalue weighted by Gasteiger charge is -2.40. The van der Waals surface area contributed by atoms with Crippen LogP contribution in [-0.4, -0.2) is 47.2 Å². The van der Waals surface area contributed by atoms with Crippen LogP contribution in [0.1, 0.15) is 26.2 Å². The van der Waals surface area contributed by atoms with E-state index in [9.17, 15) is 9.90 Å². The number of aliphatic hydroxyl groups is 1. The van der Waals surface area contributed by atoms with Crippen molar-refractivity contribution in [2.24, 2.45) is 0 Å². The van der Waals surface area contributed by atoms with E-state index < -0.39 is 0 Å². The molecule has 2 rings (SSSR count). The van der Waals surface area contributed by atoms with Crippen LogP contribution in [0.2, 0.25) is 0 Å². The Labute approximate surface area is 84.3 Å². The zero-order valence-corrected chi connectivity index (χ0v) is 8.73. The van der Waals surface area contributed by atoms with Crippen LogP contribution in [-0.2, 0) is 4.79 Å². The van der Waals surface area contributed by atoms with E-state index in [2.05, 4.69) is 17.3 Å². The molecule has 0 unspecified atom stereocenters. The van der Waals surface area contributed by atoms with Gasteiger partial charge in [0.05, 0.1) is 12.1 Å². The molecule has 0 aromatic carbocycles. The second-order valence-electron chi connectivity index (χ2n) is 4.49. The maximum absolute atomic E-state index is 11.0. The highest BCUT2D eigenvalue weighted by atomic mass is 16.3. The van der Waals surface area contributed by atoms with Gasteiger partial charge in [0.1, 0.15) is 0 Å². The molecule has 0 spiro atoms. The lowest BCUT2D eigenvalue weighted by molar-refractivity contribution is -0.122. The third-order valence-electron chi connectivity index (χ3n) is 3.61. The number of nitrogens with zero attached hydrogens (tertiary/aromatic N) is 1. The number of likely N-dealkylation sites (N-methyl/N-ethyl adjacent to an activating group) is 1. The summed E-state index contributed by atoms with van der Waals surface area (Å²) >= 11 is 0. The van der Waals surface area contributed by atoms with Gasteiger partial charge in [-0.3, -0.25) is 9.69 Å². The van der Waals surface area contributed by atoms with Gasteiger partial charge in [-0.1, -0.05) is 0 Å². The van der Waals surface area contributed by atoms with Crippen molar-refractivity contribution in [2.45, 2.75) is 50.4 Å². The van der Waals surface area contributed by atoms with Crippen LogP contribution in [0.25, 0.3) is 0 Å². The largest absolute Gasteiger partial charge is 0.391 e. The summed E-state index contributed by atoms with van der Waals surface area (Å²) in [6.07, 6.45) is 2.66. The zero-order valence-electron chi connectivity index (χ0n) is 8.73. The van der Waals surface area contributed by atoms with E-state index in [0.29, 0.717) is 12.1 Å². The Morgan fingerprint density at radius 1 is 1.50 bits per heavy atom. The van der Waals surface area contributed by atoms with E-state index in [0.717, 1.165) is 19.3 Å². The second kappa shape index (κ2) is 3.51. The van der Waals surface area contributed by atoms with Gasteiger partial charge >= 0.3 is 0 Å². The monoisotopic (exact) mass is 198 g/mol. The van der Waals surface area contributed by atoms with Crippen molar-refractivity contribution in [2.75, 3.05) is 7.05 Å². The van der Waals surface area contributed by atoms with Crippen molar-refractivity contribution < 1.29 is 9.90 Å². The summed E-state index contributed by atoms with van der Waals surface area (Å²) < 4.78 is 0. The van der Waals surface area contributed by atoms with Crippen molar-refractivity contribution in [3.05, 3.63) is 0 Å². The number of rotatable bonds is 1. The summed E-state index contributed by atoms with van der Waals surface area (Å²) in [6.45, 7) is 1.51. The van der Waals surface area contributed by atoms with Gasteiger partial charge in [-0.25, -0.2) is 0 Å². The molecule has 0 saturated carbocycles. The number of aliphatic hydroxyl groups excluding tert-OH is 1. The fraction of sp³-hybridized carbons (Fsp3) is 0.900. The van der Waals surface area contributed by atoms with Crippen molar-refractivity contribution in [3.63, 3.8) is 0 Å².